The smallest absolute Gasteiger partial charge is 0.280 e. The summed E-state index contributed by atoms with van der Waals surface area (Å²) in [5.41, 5.74) is -0.382. The summed E-state index contributed by atoms with van der Waals surface area (Å²) in [5, 5.41) is 10.6. The lowest BCUT2D eigenvalue weighted by Gasteiger charge is -2.08. The second-order valence-corrected chi connectivity index (χ2v) is 6.07. The molecule has 6 nitrogen and oxygen atoms in total. The largest absolute Gasteiger partial charge is 0.289 e. The Balaban J connectivity index is 2.38. The van der Waals surface area contributed by atoms with E-state index in [0.29, 0.717) is 0 Å². The zero-order valence-corrected chi connectivity index (χ0v) is 11.9. The molecule has 0 unspecified atom stereocenters. The van der Waals surface area contributed by atoms with Crippen molar-refractivity contribution < 1.29 is 17.7 Å². The molecule has 0 heterocycles. The molecule has 0 aromatic heterocycles. The van der Waals surface area contributed by atoms with Gasteiger partial charge in [0, 0.05) is 11.8 Å². The Labute approximate surface area is 124 Å². The van der Waals surface area contributed by atoms with Crippen molar-refractivity contribution in [2.24, 2.45) is 0 Å². The Hall–Kier alpha value is -2.19. The number of anilines is 1. The van der Waals surface area contributed by atoms with Crippen molar-refractivity contribution in [1.29, 1.82) is 0 Å². The van der Waals surface area contributed by atoms with E-state index in [1.165, 1.54) is 12.1 Å². The van der Waals surface area contributed by atoms with Crippen molar-refractivity contribution in [1.82, 2.24) is 0 Å². The van der Waals surface area contributed by atoms with Crippen LogP contribution >= 0.6 is 11.6 Å². The number of nitro groups is 1. The molecule has 0 saturated heterocycles. The van der Waals surface area contributed by atoms with Gasteiger partial charge in [0.05, 0.1) is 9.82 Å². The van der Waals surface area contributed by atoms with E-state index in [4.69, 9.17) is 11.6 Å². The van der Waals surface area contributed by atoms with E-state index in [-0.39, 0.29) is 15.6 Å². The molecular formula is C12H8ClFN2O4S. The van der Waals surface area contributed by atoms with Crippen molar-refractivity contribution in [3.8, 4) is 0 Å². The molecule has 0 amide bonds. The van der Waals surface area contributed by atoms with E-state index in [1.807, 2.05) is 0 Å². The number of halogens is 2. The average Bonchev–Trinajstić information content (AvgIpc) is 2.41. The predicted octanol–water partition coefficient (Wildman–Crippen LogP) is 3.19. The first-order valence-corrected chi connectivity index (χ1v) is 7.38. The maximum absolute atomic E-state index is 12.8. The van der Waals surface area contributed by atoms with E-state index in [2.05, 4.69) is 4.72 Å². The van der Waals surface area contributed by atoms with Crippen molar-refractivity contribution in [3.05, 3.63) is 63.4 Å². The van der Waals surface area contributed by atoms with Crippen molar-refractivity contribution >= 4 is 33.0 Å². The summed E-state index contributed by atoms with van der Waals surface area (Å²) < 4.78 is 39.2. The SMILES string of the molecule is O=[N+]([O-])c1cc(S(=O)(=O)Nc2ccc(F)cc2)ccc1Cl. The first kappa shape index (κ1) is 15.2. The highest BCUT2D eigenvalue weighted by Gasteiger charge is 2.20. The quantitative estimate of drug-likeness (QED) is 0.688. The van der Waals surface area contributed by atoms with Gasteiger partial charge >= 0.3 is 0 Å². The third kappa shape index (κ3) is 3.47. The van der Waals surface area contributed by atoms with Crippen LogP contribution in [0.15, 0.2) is 47.4 Å². The van der Waals surface area contributed by atoms with Gasteiger partial charge in [0.2, 0.25) is 0 Å². The number of nitrogens with one attached hydrogen (secondary N) is 1. The molecule has 0 fully saturated rings. The summed E-state index contributed by atoms with van der Waals surface area (Å²) in [6.07, 6.45) is 0. The van der Waals surface area contributed by atoms with E-state index in [0.717, 1.165) is 30.3 Å². The molecule has 21 heavy (non-hydrogen) atoms. The fourth-order valence-electron chi connectivity index (χ4n) is 1.53. The maximum Gasteiger partial charge on any atom is 0.289 e. The molecular weight excluding hydrogens is 323 g/mol. The standard InChI is InChI=1S/C12H8ClFN2O4S/c13-11-6-5-10(7-12(11)16(17)18)21(19,20)15-9-3-1-8(14)2-4-9/h1-7,15H. The summed E-state index contributed by atoms with van der Waals surface area (Å²) in [6.45, 7) is 0. The van der Waals surface area contributed by atoms with Crippen LogP contribution in [-0.4, -0.2) is 13.3 Å². The molecule has 0 atom stereocenters. The molecule has 2 aromatic rings. The average molecular weight is 331 g/mol. The van der Waals surface area contributed by atoms with Gasteiger partial charge in [0.1, 0.15) is 10.8 Å². The van der Waals surface area contributed by atoms with Crippen LogP contribution in [-0.2, 0) is 10.0 Å². The summed E-state index contributed by atoms with van der Waals surface area (Å²) >= 11 is 5.62. The van der Waals surface area contributed by atoms with Crippen molar-refractivity contribution in [2.45, 2.75) is 4.90 Å². The van der Waals surface area contributed by atoms with Gasteiger partial charge in [0.25, 0.3) is 15.7 Å². The Bertz CT molecular complexity index is 793. The normalized spacial score (nSPS) is 11.1. The van der Waals surface area contributed by atoms with Gasteiger partial charge in [-0.3, -0.25) is 14.8 Å². The zero-order valence-electron chi connectivity index (χ0n) is 10.3. The van der Waals surface area contributed by atoms with Gasteiger partial charge in [-0.15, -0.1) is 0 Å². The van der Waals surface area contributed by atoms with Crippen LogP contribution in [0.2, 0.25) is 5.02 Å². The Kier molecular flexibility index (Phi) is 4.10. The number of benzene rings is 2. The number of sulfonamides is 1. The molecule has 2 aromatic carbocycles. The van der Waals surface area contributed by atoms with Crippen LogP contribution in [0.5, 0.6) is 0 Å². The minimum absolute atomic E-state index is 0.133. The second kappa shape index (κ2) is 5.66. The highest BCUT2D eigenvalue weighted by Crippen LogP contribution is 2.28. The first-order valence-electron chi connectivity index (χ1n) is 5.52. The van der Waals surface area contributed by atoms with Gasteiger partial charge in [-0.25, -0.2) is 12.8 Å². The van der Waals surface area contributed by atoms with E-state index in [1.54, 1.807) is 0 Å². The van der Waals surface area contributed by atoms with Crippen LogP contribution < -0.4 is 4.72 Å². The van der Waals surface area contributed by atoms with E-state index < -0.39 is 26.5 Å². The lowest BCUT2D eigenvalue weighted by molar-refractivity contribution is -0.384. The van der Waals surface area contributed by atoms with Gasteiger partial charge in [-0.2, -0.15) is 0 Å². The second-order valence-electron chi connectivity index (χ2n) is 3.98. The van der Waals surface area contributed by atoms with Crippen molar-refractivity contribution in [2.75, 3.05) is 4.72 Å². The number of nitrogens with zero attached hydrogens (tertiary/aromatic N) is 1. The molecule has 0 spiro atoms. The molecule has 0 bridgehead atoms. The minimum Gasteiger partial charge on any atom is -0.280 e. The summed E-state index contributed by atoms with van der Waals surface area (Å²) in [6, 6.07) is 7.76. The number of hydrogen-bond acceptors (Lipinski definition) is 4. The molecule has 2 rings (SSSR count). The zero-order chi connectivity index (χ0) is 15.6. The predicted molar refractivity (Wildman–Crippen MR) is 75.3 cm³/mol. The van der Waals surface area contributed by atoms with Gasteiger partial charge in [0.15, 0.2) is 0 Å². The van der Waals surface area contributed by atoms with Gasteiger partial charge in [-0.1, -0.05) is 11.6 Å². The Morgan fingerprint density at radius 3 is 2.33 bits per heavy atom. The van der Waals surface area contributed by atoms with Crippen molar-refractivity contribution in [3.63, 3.8) is 0 Å². The van der Waals surface area contributed by atoms with Crippen LogP contribution in [0.1, 0.15) is 0 Å². The minimum atomic E-state index is -4.03. The first-order chi connectivity index (χ1) is 9.79. The fourth-order valence-corrected chi connectivity index (χ4v) is 2.80. The van der Waals surface area contributed by atoms with Crippen LogP contribution in [0.4, 0.5) is 15.8 Å². The highest BCUT2D eigenvalue weighted by atomic mass is 35.5. The molecule has 9 heteroatoms. The van der Waals surface area contributed by atoms with Crippen LogP contribution in [0, 0.1) is 15.9 Å². The number of hydrogen-bond donors (Lipinski definition) is 1. The van der Waals surface area contributed by atoms with E-state index >= 15 is 0 Å². The van der Waals surface area contributed by atoms with Crippen LogP contribution in [0.3, 0.4) is 0 Å². The molecule has 0 saturated carbocycles. The molecule has 0 aliphatic heterocycles. The third-order valence-corrected chi connectivity index (χ3v) is 4.22. The summed E-state index contributed by atoms with van der Waals surface area (Å²) in [5.74, 6) is -0.514. The van der Waals surface area contributed by atoms with Gasteiger partial charge < -0.3 is 0 Å². The third-order valence-electron chi connectivity index (χ3n) is 2.52. The Morgan fingerprint density at radius 2 is 1.76 bits per heavy atom. The number of rotatable bonds is 4. The molecule has 0 aliphatic carbocycles. The molecule has 0 aliphatic rings. The topological polar surface area (TPSA) is 89.3 Å². The van der Waals surface area contributed by atoms with Crippen LogP contribution in [0.25, 0.3) is 0 Å². The summed E-state index contributed by atoms with van der Waals surface area (Å²) in [4.78, 5) is 9.67. The lowest BCUT2D eigenvalue weighted by atomic mass is 10.3. The monoisotopic (exact) mass is 330 g/mol. The molecule has 0 radical (unpaired) electrons. The highest BCUT2D eigenvalue weighted by molar-refractivity contribution is 7.92. The molecule has 110 valence electrons. The fraction of sp³-hybridized carbons (Fsp3) is 0. The summed E-state index contributed by atoms with van der Waals surface area (Å²) in [7, 11) is -4.03. The number of nitro benzene ring substituents is 1. The van der Waals surface area contributed by atoms with E-state index in [9.17, 15) is 22.9 Å². The maximum atomic E-state index is 12.8. The van der Waals surface area contributed by atoms with Gasteiger partial charge in [-0.05, 0) is 36.4 Å². The lowest BCUT2D eigenvalue weighted by Crippen LogP contribution is -2.13. The Morgan fingerprint density at radius 1 is 1.14 bits per heavy atom. The molecule has 1 N–H and O–H groups in total.